The Morgan fingerprint density at radius 2 is 1.68 bits per heavy atom. The maximum atomic E-state index is 12.6. The van der Waals surface area contributed by atoms with Gasteiger partial charge in [0, 0.05) is 0 Å². The number of fused-ring (bicyclic) bond motifs is 5. The lowest BCUT2D eigenvalue weighted by Gasteiger charge is -2.19. The van der Waals surface area contributed by atoms with E-state index in [1.54, 1.807) is 0 Å². The summed E-state index contributed by atoms with van der Waals surface area (Å²) < 4.78 is 0. The first-order chi connectivity index (χ1) is 9.16. The normalized spacial score (nSPS) is 36.2. The van der Waals surface area contributed by atoms with Gasteiger partial charge in [0.1, 0.15) is 0 Å². The summed E-state index contributed by atoms with van der Waals surface area (Å²) in [4.78, 5) is 26.7. The van der Waals surface area contributed by atoms with Gasteiger partial charge in [-0.25, -0.2) is 0 Å². The number of rotatable bonds is 1. The molecule has 98 valence electrons. The van der Waals surface area contributed by atoms with Gasteiger partial charge in [-0.3, -0.25) is 14.5 Å². The molecule has 1 heterocycles. The molecule has 0 radical (unpaired) electrons. The van der Waals surface area contributed by atoms with Crippen LogP contribution < -0.4 is 4.90 Å². The van der Waals surface area contributed by atoms with E-state index in [9.17, 15) is 9.59 Å². The smallest absolute Gasteiger partial charge is 0.237 e. The molecular formula is C16H17NO2. The fraction of sp³-hybridized carbons (Fsp3) is 0.500. The Balaban J connectivity index is 1.75. The molecule has 0 unspecified atom stereocenters. The monoisotopic (exact) mass is 255 g/mol. The first-order valence-electron chi connectivity index (χ1n) is 7.11. The van der Waals surface area contributed by atoms with Crippen LogP contribution in [0.5, 0.6) is 0 Å². The van der Waals surface area contributed by atoms with Crippen LogP contribution >= 0.6 is 0 Å². The molecule has 1 saturated heterocycles. The number of anilines is 1. The third kappa shape index (κ3) is 1.38. The van der Waals surface area contributed by atoms with Crippen molar-refractivity contribution in [3.05, 3.63) is 29.8 Å². The number of nitrogens with zero attached hydrogens (tertiary/aromatic N) is 1. The van der Waals surface area contributed by atoms with Crippen molar-refractivity contribution in [1.82, 2.24) is 0 Å². The number of carbonyl (C=O) groups excluding carboxylic acids is 2. The minimum atomic E-state index is -0.0215. The predicted octanol–water partition coefficient (Wildman–Crippen LogP) is 2.53. The second kappa shape index (κ2) is 3.69. The molecule has 3 fully saturated rings. The van der Waals surface area contributed by atoms with Crippen molar-refractivity contribution in [1.29, 1.82) is 0 Å². The van der Waals surface area contributed by atoms with Gasteiger partial charge in [-0.05, 0) is 55.7 Å². The molecule has 1 aromatic carbocycles. The maximum Gasteiger partial charge on any atom is 0.237 e. The third-order valence-corrected chi connectivity index (χ3v) is 5.19. The highest BCUT2D eigenvalue weighted by atomic mass is 16.2. The number of aryl methyl sites for hydroxylation is 1. The quantitative estimate of drug-likeness (QED) is 0.723. The second-order valence-corrected chi connectivity index (χ2v) is 6.24. The SMILES string of the molecule is Cc1cccc(N2C(=O)[C@@H]3[C@@H]4CC[C@H](C4)[C@@H]3C2=O)c1. The van der Waals surface area contributed by atoms with Crippen molar-refractivity contribution in [2.75, 3.05) is 4.90 Å². The van der Waals surface area contributed by atoms with E-state index in [1.165, 1.54) is 4.90 Å². The third-order valence-electron chi connectivity index (χ3n) is 5.19. The average molecular weight is 255 g/mol. The Labute approximate surface area is 112 Å². The van der Waals surface area contributed by atoms with Gasteiger partial charge in [0.2, 0.25) is 11.8 Å². The van der Waals surface area contributed by atoms with Crippen LogP contribution in [0.3, 0.4) is 0 Å². The van der Waals surface area contributed by atoms with E-state index >= 15 is 0 Å². The van der Waals surface area contributed by atoms with Gasteiger partial charge >= 0.3 is 0 Å². The van der Waals surface area contributed by atoms with Crippen molar-refractivity contribution in [3.63, 3.8) is 0 Å². The van der Waals surface area contributed by atoms with E-state index in [0.29, 0.717) is 11.8 Å². The summed E-state index contributed by atoms with van der Waals surface area (Å²) in [5.41, 5.74) is 1.84. The Morgan fingerprint density at radius 1 is 1.05 bits per heavy atom. The largest absolute Gasteiger partial charge is 0.274 e. The molecule has 3 nitrogen and oxygen atoms in total. The lowest BCUT2D eigenvalue weighted by atomic mass is 9.81. The van der Waals surface area contributed by atoms with Crippen molar-refractivity contribution in [2.45, 2.75) is 26.2 Å². The molecule has 4 rings (SSSR count). The van der Waals surface area contributed by atoms with Gasteiger partial charge in [-0.1, -0.05) is 12.1 Å². The van der Waals surface area contributed by atoms with Gasteiger partial charge in [0.15, 0.2) is 0 Å². The van der Waals surface area contributed by atoms with Crippen LogP contribution in [-0.4, -0.2) is 11.8 Å². The Hall–Kier alpha value is -1.64. The Kier molecular flexibility index (Phi) is 2.17. The van der Waals surface area contributed by atoms with Crippen molar-refractivity contribution >= 4 is 17.5 Å². The van der Waals surface area contributed by atoms with Crippen LogP contribution in [0.4, 0.5) is 5.69 Å². The molecular weight excluding hydrogens is 238 g/mol. The molecule has 3 heteroatoms. The van der Waals surface area contributed by atoms with Crippen molar-refractivity contribution in [3.8, 4) is 0 Å². The van der Waals surface area contributed by atoms with Crippen LogP contribution in [0, 0.1) is 30.6 Å². The molecule has 2 amide bonds. The van der Waals surface area contributed by atoms with Gasteiger partial charge < -0.3 is 0 Å². The van der Waals surface area contributed by atoms with Crippen LogP contribution in [0.15, 0.2) is 24.3 Å². The molecule has 0 N–H and O–H groups in total. The molecule has 0 aromatic heterocycles. The summed E-state index contributed by atoms with van der Waals surface area (Å²) in [6.07, 6.45) is 3.35. The number of hydrogen-bond acceptors (Lipinski definition) is 2. The number of hydrogen-bond donors (Lipinski definition) is 0. The van der Waals surface area contributed by atoms with Crippen molar-refractivity contribution in [2.24, 2.45) is 23.7 Å². The van der Waals surface area contributed by atoms with E-state index in [0.717, 1.165) is 30.5 Å². The highest BCUT2D eigenvalue weighted by Crippen LogP contribution is 2.56. The van der Waals surface area contributed by atoms with E-state index in [2.05, 4.69) is 0 Å². The minimum absolute atomic E-state index is 0.0215. The molecule has 1 aliphatic heterocycles. The molecule has 2 bridgehead atoms. The highest BCUT2D eigenvalue weighted by Gasteiger charge is 2.61. The molecule has 4 atom stereocenters. The zero-order valence-corrected chi connectivity index (χ0v) is 11.0. The van der Waals surface area contributed by atoms with Crippen LogP contribution in [-0.2, 0) is 9.59 Å². The summed E-state index contributed by atoms with van der Waals surface area (Å²) >= 11 is 0. The number of amides is 2. The molecule has 2 saturated carbocycles. The van der Waals surface area contributed by atoms with Gasteiger partial charge in [0.05, 0.1) is 17.5 Å². The highest BCUT2D eigenvalue weighted by molar-refractivity contribution is 6.22. The summed E-state index contributed by atoms with van der Waals surface area (Å²) in [7, 11) is 0. The zero-order valence-electron chi connectivity index (χ0n) is 11.0. The molecule has 2 aliphatic carbocycles. The van der Waals surface area contributed by atoms with E-state index in [1.807, 2.05) is 31.2 Å². The summed E-state index contributed by atoms with van der Waals surface area (Å²) in [6, 6.07) is 7.69. The Bertz CT molecular complexity index is 552. The van der Waals surface area contributed by atoms with Crippen LogP contribution in [0.25, 0.3) is 0 Å². The maximum absolute atomic E-state index is 12.6. The first-order valence-corrected chi connectivity index (χ1v) is 7.11. The fourth-order valence-electron chi connectivity index (χ4n) is 4.43. The number of benzene rings is 1. The number of imide groups is 1. The van der Waals surface area contributed by atoms with E-state index < -0.39 is 0 Å². The summed E-state index contributed by atoms with van der Waals surface area (Å²) in [6.45, 7) is 1.99. The van der Waals surface area contributed by atoms with Crippen LogP contribution in [0.2, 0.25) is 0 Å². The minimum Gasteiger partial charge on any atom is -0.274 e. The lowest BCUT2D eigenvalue weighted by molar-refractivity contribution is -0.123. The molecule has 0 spiro atoms. The topological polar surface area (TPSA) is 37.4 Å². The molecule has 1 aromatic rings. The lowest BCUT2D eigenvalue weighted by Crippen LogP contribution is -2.32. The predicted molar refractivity (Wildman–Crippen MR) is 71.5 cm³/mol. The zero-order chi connectivity index (χ0) is 13.1. The van der Waals surface area contributed by atoms with Crippen LogP contribution in [0.1, 0.15) is 24.8 Å². The van der Waals surface area contributed by atoms with E-state index in [4.69, 9.17) is 0 Å². The Morgan fingerprint density at radius 3 is 2.26 bits per heavy atom. The van der Waals surface area contributed by atoms with Crippen molar-refractivity contribution < 1.29 is 9.59 Å². The fourth-order valence-corrected chi connectivity index (χ4v) is 4.43. The number of carbonyl (C=O) groups is 2. The van der Waals surface area contributed by atoms with Gasteiger partial charge in [0.25, 0.3) is 0 Å². The summed E-state index contributed by atoms with van der Waals surface area (Å²) in [5.74, 6) is 0.974. The van der Waals surface area contributed by atoms with E-state index in [-0.39, 0.29) is 23.7 Å². The van der Waals surface area contributed by atoms with Gasteiger partial charge in [-0.15, -0.1) is 0 Å². The summed E-state index contributed by atoms with van der Waals surface area (Å²) in [5, 5.41) is 0. The average Bonchev–Trinajstić information content (AvgIpc) is 3.04. The standard InChI is InChI=1S/C16H17NO2/c1-9-3-2-4-12(7-9)17-15(18)13-10-5-6-11(8-10)14(13)16(17)19/h2-4,7,10-11,13-14H,5-6,8H2,1H3/t10-,11-,13-,14+/m1/s1. The molecule has 19 heavy (non-hydrogen) atoms. The first kappa shape index (κ1) is 11.2. The van der Waals surface area contributed by atoms with Gasteiger partial charge in [-0.2, -0.15) is 0 Å². The second-order valence-electron chi connectivity index (χ2n) is 6.24. The molecule has 3 aliphatic rings.